The molecule has 1 heterocycles. The maximum Gasteiger partial charge on any atom is 0.193 e. The van der Waals surface area contributed by atoms with Gasteiger partial charge < -0.3 is 16.0 Å². The van der Waals surface area contributed by atoms with E-state index in [9.17, 15) is 0 Å². The minimum Gasteiger partial charge on any atom is -0.370 e. The van der Waals surface area contributed by atoms with E-state index in [1.165, 1.54) is 69.2 Å². The summed E-state index contributed by atoms with van der Waals surface area (Å²) in [6.45, 7) is 3.38. The zero-order valence-corrected chi connectivity index (χ0v) is 14.6. The second-order valence-electron chi connectivity index (χ2n) is 7.71. The van der Waals surface area contributed by atoms with Crippen molar-refractivity contribution in [2.24, 2.45) is 16.6 Å². The Labute approximate surface area is 145 Å². The molecular weight excluding hydrogens is 296 g/mol. The summed E-state index contributed by atoms with van der Waals surface area (Å²) in [7, 11) is 0. The summed E-state index contributed by atoms with van der Waals surface area (Å²) in [5.41, 5.74) is 10.3. The van der Waals surface area contributed by atoms with Crippen LogP contribution in [0.2, 0.25) is 0 Å². The zero-order valence-electron chi connectivity index (χ0n) is 14.6. The number of hydrogen-bond donors (Lipinski definition) is 2. The van der Waals surface area contributed by atoms with Crippen molar-refractivity contribution in [3.8, 4) is 0 Å². The molecule has 2 fully saturated rings. The van der Waals surface area contributed by atoms with Crippen molar-refractivity contribution in [3.05, 3.63) is 29.3 Å². The lowest BCUT2D eigenvalue weighted by Crippen LogP contribution is -2.36. The van der Waals surface area contributed by atoms with Gasteiger partial charge >= 0.3 is 0 Å². The number of hydrogen-bond acceptors (Lipinski definition) is 2. The first-order chi connectivity index (χ1) is 11.8. The topological polar surface area (TPSA) is 53.6 Å². The molecule has 0 atom stereocenters. The summed E-state index contributed by atoms with van der Waals surface area (Å²) >= 11 is 0. The quantitative estimate of drug-likeness (QED) is 0.660. The predicted molar refractivity (Wildman–Crippen MR) is 101 cm³/mol. The van der Waals surface area contributed by atoms with Crippen molar-refractivity contribution in [2.45, 2.75) is 57.4 Å². The van der Waals surface area contributed by atoms with E-state index in [1.54, 1.807) is 0 Å². The number of rotatable bonds is 4. The molecule has 1 aromatic rings. The van der Waals surface area contributed by atoms with Crippen LogP contribution in [0.5, 0.6) is 0 Å². The number of anilines is 1. The fourth-order valence-electron chi connectivity index (χ4n) is 4.24. The van der Waals surface area contributed by atoms with Gasteiger partial charge in [0.1, 0.15) is 0 Å². The lowest BCUT2D eigenvalue weighted by Gasteiger charge is -2.31. The van der Waals surface area contributed by atoms with Crippen LogP contribution >= 0.6 is 0 Å². The number of aliphatic imine (C=N–C) groups is 1. The van der Waals surface area contributed by atoms with E-state index in [2.05, 4.69) is 33.4 Å². The number of fused-ring (bicyclic) bond motifs is 1. The number of nitrogens with one attached hydrogen (secondary N) is 1. The third-order valence-electron chi connectivity index (χ3n) is 5.89. The number of benzene rings is 1. The summed E-state index contributed by atoms with van der Waals surface area (Å²) in [6, 6.07) is 7.43. The van der Waals surface area contributed by atoms with Gasteiger partial charge in [-0.25, -0.2) is 0 Å². The molecule has 3 aliphatic rings. The average Bonchev–Trinajstić information content (AvgIpc) is 3.46. The number of likely N-dealkylation sites (tertiary alicyclic amines) is 1. The van der Waals surface area contributed by atoms with Crippen molar-refractivity contribution >= 4 is 11.6 Å². The van der Waals surface area contributed by atoms with E-state index in [0.717, 1.165) is 24.7 Å². The van der Waals surface area contributed by atoms with Crippen LogP contribution in [-0.2, 0) is 12.8 Å². The molecule has 0 amide bonds. The van der Waals surface area contributed by atoms with Gasteiger partial charge in [-0.1, -0.05) is 12.1 Å². The maximum atomic E-state index is 6.17. The fourth-order valence-corrected chi connectivity index (χ4v) is 4.24. The number of piperidine rings is 1. The molecule has 1 aromatic carbocycles. The van der Waals surface area contributed by atoms with Crippen molar-refractivity contribution < 1.29 is 0 Å². The van der Waals surface area contributed by atoms with Gasteiger partial charge in [0, 0.05) is 18.3 Å². The lowest BCUT2D eigenvalue weighted by atomic mass is 9.90. The molecule has 0 aromatic heterocycles. The van der Waals surface area contributed by atoms with E-state index >= 15 is 0 Å². The van der Waals surface area contributed by atoms with Crippen LogP contribution in [0.15, 0.2) is 23.2 Å². The highest BCUT2D eigenvalue weighted by atomic mass is 15.2. The second kappa shape index (κ2) is 7.14. The normalized spacial score (nSPS) is 23.1. The Kier molecular flexibility index (Phi) is 4.74. The standard InChI is InChI=1S/C20H30N4/c21-20(22-14-15-10-12-24(13-11-15)17-8-9-17)23-19-7-3-5-16-4-1-2-6-18(16)19/h3,5,7,15,17H,1-2,4,6,8-14H2,(H3,21,22,23). The van der Waals surface area contributed by atoms with E-state index in [4.69, 9.17) is 5.73 Å². The molecule has 0 spiro atoms. The molecular formula is C20H30N4. The van der Waals surface area contributed by atoms with Gasteiger partial charge in [0.15, 0.2) is 5.96 Å². The first-order valence-electron chi connectivity index (χ1n) is 9.71. The SMILES string of the molecule is NC(=NCC1CCN(C2CC2)CC1)Nc1cccc2c1CCCC2. The van der Waals surface area contributed by atoms with Crippen LogP contribution in [0.3, 0.4) is 0 Å². The first-order valence-corrected chi connectivity index (χ1v) is 9.71. The largest absolute Gasteiger partial charge is 0.370 e. The van der Waals surface area contributed by atoms with E-state index in [-0.39, 0.29) is 0 Å². The van der Waals surface area contributed by atoms with Crippen molar-refractivity contribution in [1.82, 2.24) is 4.90 Å². The molecule has 130 valence electrons. The van der Waals surface area contributed by atoms with Gasteiger partial charge in [-0.05, 0) is 87.6 Å². The van der Waals surface area contributed by atoms with Crippen LogP contribution in [0.1, 0.15) is 49.7 Å². The number of aryl methyl sites for hydroxylation is 1. The lowest BCUT2D eigenvalue weighted by molar-refractivity contribution is 0.179. The highest BCUT2D eigenvalue weighted by molar-refractivity contribution is 5.93. The van der Waals surface area contributed by atoms with E-state index in [1.807, 2.05) is 0 Å². The molecule has 1 saturated carbocycles. The highest BCUT2D eigenvalue weighted by Crippen LogP contribution is 2.31. The Balaban J connectivity index is 1.31. The second-order valence-corrected chi connectivity index (χ2v) is 7.71. The molecule has 4 rings (SSSR count). The van der Waals surface area contributed by atoms with Gasteiger partial charge in [-0.3, -0.25) is 4.99 Å². The highest BCUT2D eigenvalue weighted by Gasteiger charge is 2.31. The summed E-state index contributed by atoms with van der Waals surface area (Å²) < 4.78 is 0. The predicted octanol–water partition coefficient (Wildman–Crippen LogP) is 3.17. The molecule has 0 unspecified atom stereocenters. The number of nitrogens with zero attached hydrogens (tertiary/aromatic N) is 2. The monoisotopic (exact) mass is 326 g/mol. The van der Waals surface area contributed by atoms with Crippen LogP contribution in [0.25, 0.3) is 0 Å². The molecule has 24 heavy (non-hydrogen) atoms. The fraction of sp³-hybridized carbons (Fsp3) is 0.650. The molecule has 0 radical (unpaired) electrons. The summed E-state index contributed by atoms with van der Waals surface area (Å²) in [6.07, 6.45) is 10.3. The molecule has 1 saturated heterocycles. The molecule has 4 nitrogen and oxygen atoms in total. The molecule has 0 bridgehead atoms. The minimum absolute atomic E-state index is 0.582. The average molecular weight is 326 g/mol. The Morgan fingerprint density at radius 1 is 1.12 bits per heavy atom. The molecule has 3 N–H and O–H groups in total. The summed E-state index contributed by atoms with van der Waals surface area (Å²) in [5.74, 6) is 1.28. The van der Waals surface area contributed by atoms with Crippen LogP contribution in [0, 0.1) is 5.92 Å². The van der Waals surface area contributed by atoms with Crippen molar-refractivity contribution in [1.29, 1.82) is 0 Å². The van der Waals surface area contributed by atoms with Gasteiger partial charge in [0.05, 0.1) is 0 Å². The number of guanidine groups is 1. The molecule has 1 aliphatic heterocycles. The minimum atomic E-state index is 0.582. The van der Waals surface area contributed by atoms with Gasteiger partial charge in [-0.2, -0.15) is 0 Å². The summed E-state index contributed by atoms with van der Waals surface area (Å²) in [5, 5.41) is 3.36. The smallest absolute Gasteiger partial charge is 0.193 e. The van der Waals surface area contributed by atoms with Gasteiger partial charge in [0.25, 0.3) is 0 Å². The van der Waals surface area contributed by atoms with Crippen molar-refractivity contribution in [2.75, 3.05) is 25.0 Å². The first kappa shape index (κ1) is 15.9. The van der Waals surface area contributed by atoms with Crippen LogP contribution in [0.4, 0.5) is 5.69 Å². The van der Waals surface area contributed by atoms with E-state index < -0.39 is 0 Å². The third kappa shape index (κ3) is 3.75. The third-order valence-corrected chi connectivity index (χ3v) is 5.89. The Bertz CT molecular complexity index is 598. The van der Waals surface area contributed by atoms with Gasteiger partial charge in [0.2, 0.25) is 0 Å². The number of nitrogens with two attached hydrogens (primary N) is 1. The molecule has 2 aliphatic carbocycles. The maximum absolute atomic E-state index is 6.17. The zero-order chi connectivity index (χ0) is 16.4. The van der Waals surface area contributed by atoms with Crippen LogP contribution in [-0.4, -0.2) is 36.5 Å². The van der Waals surface area contributed by atoms with Crippen LogP contribution < -0.4 is 11.1 Å². The Morgan fingerprint density at radius 3 is 2.71 bits per heavy atom. The van der Waals surface area contributed by atoms with Crippen molar-refractivity contribution in [3.63, 3.8) is 0 Å². The summed E-state index contributed by atoms with van der Waals surface area (Å²) in [4.78, 5) is 7.31. The Hall–Kier alpha value is -1.55. The Morgan fingerprint density at radius 2 is 1.92 bits per heavy atom. The van der Waals surface area contributed by atoms with Gasteiger partial charge in [-0.15, -0.1) is 0 Å². The van der Waals surface area contributed by atoms with E-state index in [0.29, 0.717) is 11.9 Å². The molecule has 4 heteroatoms.